The molecule has 0 saturated heterocycles. The van der Waals surface area contributed by atoms with Gasteiger partial charge in [0.05, 0.1) is 10.1 Å². The van der Waals surface area contributed by atoms with Crippen LogP contribution in [0.3, 0.4) is 0 Å². The van der Waals surface area contributed by atoms with Crippen LogP contribution in [0, 0.1) is 0 Å². The van der Waals surface area contributed by atoms with E-state index in [2.05, 4.69) is 0 Å². The van der Waals surface area contributed by atoms with Gasteiger partial charge in [-0.05, 0) is 23.8 Å². The highest BCUT2D eigenvalue weighted by atomic mass is 35.5. The maximum absolute atomic E-state index is 13.2. The first-order chi connectivity index (χ1) is 12.3. The molecule has 3 aromatic rings. The van der Waals surface area contributed by atoms with Gasteiger partial charge in [-0.15, -0.1) is 11.3 Å². The van der Waals surface area contributed by atoms with E-state index in [1.54, 1.807) is 4.90 Å². The third kappa shape index (κ3) is 3.15. The first kappa shape index (κ1) is 17.6. The van der Waals surface area contributed by atoms with E-state index in [0.29, 0.717) is 10.8 Å². The number of nitrogens with zero attached hydrogens (tertiary/aromatic N) is 2. The molecule has 2 aromatic heterocycles. The lowest BCUT2D eigenvalue weighted by molar-refractivity contribution is -0.122. The topological polar surface area (TPSA) is 59.4 Å². The average molecular weight is 409 g/mol. The van der Waals surface area contributed by atoms with Gasteiger partial charge in [-0.2, -0.15) is 0 Å². The van der Waals surface area contributed by atoms with Crippen molar-refractivity contribution in [3.63, 3.8) is 0 Å². The highest BCUT2D eigenvalue weighted by molar-refractivity contribution is 7.90. The molecule has 1 amide bonds. The largest absolute Gasteiger partial charge is 0.326 e. The number of thiophene rings is 1. The van der Waals surface area contributed by atoms with E-state index in [1.807, 2.05) is 47.2 Å². The minimum atomic E-state index is -3.17. The van der Waals surface area contributed by atoms with Crippen LogP contribution < -0.4 is 4.90 Å². The maximum Gasteiger partial charge on any atom is 0.250 e. The number of benzene rings is 1. The van der Waals surface area contributed by atoms with Crippen LogP contribution in [0.5, 0.6) is 0 Å². The van der Waals surface area contributed by atoms with Gasteiger partial charge >= 0.3 is 0 Å². The first-order valence-electron chi connectivity index (χ1n) is 8.16. The van der Waals surface area contributed by atoms with Crippen molar-refractivity contribution >= 4 is 54.6 Å². The number of halogens is 1. The Labute approximate surface area is 160 Å². The number of sulfone groups is 1. The standard InChI is InChI=1S/C18H17ClN2O3S2/c1-26(23,24)9-8-20-14-5-3-2-4-12(14)10-15(17(20)22)21-7-6-13-11-16(19)25-18(13)21/h2-7,11,15H,8-10H2,1H3. The molecule has 26 heavy (non-hydrogen) atoms. The summed E-state index contributed by atoms with van der Waals surface area (Å²) in [6.07, 6.45) is 3.67. The molecule has 1 unspecified atom stereocenters. The number of fused-ring (bicyclic) bond motifs is 2. The Bertz CT molecular complexity index is 1100. The van der Waals surface area contributed by atoms with Crippen LogP contribution in [0.2, 0.25) is 4.34 Å². The first-order valence-corrected chi connectivity index (χ1v) is 11.4. The number of carbonyl (C=O) groups is 1. The van der Waals surface area contributed by atoms with Crippen molar-refractivity contribution in [2.24, 2.45) is 0 Å². The maximum atomic E-state index is 13.2. The Kier molecular flexibility index (Phi) is 4.33. The molecule has 1 atom stereocenters. The molecule has 0 bridgehead atoms. The zero-order chi connectivity index (χ0) is 18.5. The van der Waals surface area contributed by atoms with E-state index in [4.69, 9.17) is 11.6 Å². The lowest BCUT2D eigenvalue weighted by Gasteiger charge is -2.35. The van der Waals surface area contributed by atoms with Gasteiger partial charge in [0.1, 0.15) is 20.7 Å². The molecule has 136 valence electrons. The molecule has 3 heterocycles. The molecule has 1 aliphatic rings. The second kappa shape index (κ2) is 6.40. The number of anilines is 1. The van der Waals surface area contributed by atoms with Gasteiger partial charge in [0, 0.05) is 36.5 Å². The van der Waals surface area contributed by atoms with E-state index < -0.39 is 15.9 Å². The molecular formula is C18H17ClN2O3S2. The number of hydrogen-bond donors (Lipinski definition) is 0. The summed E-state index contributed by atoms with van der Waals surface area (Å²) >= 11 is 7.57. The summed E-state index contributed by atoms with van der Waals surface area (Å²) in [5, 5.41) is 1.01. The van der Waals surface area contributed by atoms with Crippen LogP contribution in [-0.2, 0) is 21.1 Å². The zero-order valence-electron chi connectivity index (χ0n) is 14.1. The molecule has 5 nitrogen and oxygen atoms in total. The average Bonchev–Trinajstić information content (AvgIpc) is 3.11. The van der Waals surface area contributed by atoms with Crippen molar-refractivity contribution in [3.05, 3.63) is 52.5 Å². The van der Waals surface area contributed by atoms with Gasteiger partial charge in [0.15, 0.2) is 0 Å². The zero-order valence-corrected chi connectivity index (χ0v) is 16.4. The fourth-order valence-electron chi connectivity index (χ4n) is 3.41. The van der Waals surface area contributed by atoms with E-state index in [9.17, 15) is 13.2 Å². The summed E-state index contributed by atoms with van der Waals surface area (Å²) in [6, 6.07) is 11.1. The Morgan fingerprint density at radius 3 is 2.81 bits per heavy atom. The summed E-state index contributed by atoms with van der Waals surface area (Å²) in [6.45, 7) is 0.154. The van der Waals surface area contributed by atoms with E-state index in [0.717, 1.165) is 21.5 Å². The Balaban J connectivity index is 1.76. The number of carbonyl (C=O) groups excluding carboxylic acids is 1. The van der Waals surface area contributed by atoms with Crippen LogP contribution in [0.15, 0.2) is 42.6 Å². The number of para-hydroxylation sites is 1. The van der Waals surface area contributed by atoms with Crippen molar-refractivity contribution in [2.75, 3.05) is 23.5 Å². The van der Waals surface area contributed by atoms with Gasteiger partial charge in [-0.3, -0.25) is 4.79 Å². The van der Waals surface area contributed by atoms with Crippen molar-refractivity contribution in [3.8, 4) is 0 Å². The van der Waals surface area contributed by atoms with Gasteiger partial charge < -0.3 is 9.47 Å². The fourth-order valence-corrected chi connectivity index (χ4v) is 5.17. The summed E-state index contributed by atoms with van der Waals surface area (Å²) in [5.74, 6) is -0.152. The van der Waals surface area contributed by atoms with Crippen LogP contribution in [0.25, 0.3) is 10.2 Å². The van der Waals surface area contributed by atoms with Crippen molar-refractivity contribution < 1.29 is 13.2 Å². The normalized spacial score (nSPS) is 17.7. The third-order valence-electron chi connectivity index (χ3n) is 4.63. The van der Waals surface area contributed by atoms with Crippen LogP contribution in [0.1, 0.15) is 11.6 Å². The summed E-state index contributed by atoms with van der Waals surface area (Å²) in [5.41, 5.74) is 1.83. The Morgan fingerprint density at radius 2 is 2.04 bits per heavy atom. The smallest absolute Gasteiger partial charge is 0.250 e. The monoisotopic (exact) mass is 408 g/mol. The molecule has 8 heteroatoms. The van der Waals surface area contributed by atoms with E-state index >= 15 is 0 Å². The molecular weight excluding hydrogens is 392 g/mol. The van der Waals surface area contributed by atoms with Gasteiger partial charge in [-0.1, -0.05) is 29.8 Å². The van der Waals surface area contributed by atoms with Crippen LogP contribution in [-0.4, -0.2) is 37.4 Å². The second-order valence-corrected chi connectivity index (χ2v) is 10.4. The number of rotatable bonds is 4. The second-order valence-electron chi connectivity index (χ2n) is 6.50. The van der Waals surface area contributed by atoms with Crippen molar-refractivity contribution in [1.29, 1.82) is 0 Å². The van der Waals surface area contributed by atoms with Gasteiger partial charge in [0.2, 0.25) is 5.91 Å². The highest BCUT2D eigenvalue weighted by Gasteiger charge is 2.34. The molecule has 0 fully saturated rings. The molecule has 0 spiro atoms. The van der Waals surface area contributed by atoms with Crippen LogP contribution >= 0.6 is 22.9 Å². The van der Waals surface area contributed by atoms with Crippen molar-refractivity contribution in [2.45, 2.75) is 12.5 Å². The number of amides is 1. The highest BCUT2D eigenvalue weighted by Crippen LogP contribution is 2.37. The van der Waals surface area contributed by atoms with E-state index in [-0.39, 0.29) is 18.2 Å². The molecule has 0 radical (unpaired) electrons. The quantitative estimate of drug-likeness (QED) is 0.663. The van der Waals surface area contributed by atoms with Crippen molar-refractivity contribution in [1.82, 2.24) is 4.57 Å². The molecule has 0 N–H and O–H groups in total. The predicted molar refractivity (Wildman–Crippen MR) is 106 cm³/mol. The minimum Gasteiger partial charge on any atom is -0.326 e. The summed E-state index contributed by atoms with van der Waals surface area (Å²) in [7, 11) is -3.17. The number of hydrogen-bond acceptors (Lipinski definition) is 4. The summed E-state index contributed by atoms with van der Waals surface area (Å²) in [4.78, 5) is 15.8. The predicted octanol–water partition coefficient (Wildman–Crippen LogP) is 3.53. The molecule has 0 aliphatic carbocycles. The molecule has 4 rings (SSSR count). The van der Waals surface area contributed by atoms with E-state index in [1.165, 1.54) is 17.6 Å². The lowest BCUT2D eigenvalue weighted by atomic mass is 9.97. The van der Waals surface area contributed by atoms with Gasteiger partial charge in [-0.25, -0.2) is 8.42 Å². The molecule has 1 aromatic carbocycles. The molecule has 0 saturated carbocycles. The molecule has 1 aliphatic heterocycles. The third-order valence-corrected chi connectivity index (χ3v) is 6.84. The van der Waals surface area contributed by atoms with Crippen LogP contribution in [0.4, 0.5) is 5.69 Å². The number of aromatic nitrogens is 1. The Morgan fingerprint density at radius 1 is 1.27 bits per heavy atom. The SMILES string of the molecule is CS(=O)(=O)CCN1C(=O)C(n2ccc3cc(Cl)sc32)Cc2ccccc21. The van der Waals surface area contributed by atoms with Gasteiger partial charge in [0.25, 0.3) is 0 Å². The Hall–Kier alpha value is -1.83. The fraction of sp³-hybridized carbons (Fsp3) is 0.278. The lowest BCUT2D eigenvalue weighted by Crippen LogP contribution is -2.44. The summed E-state index contributed by atoms with van der Waals surface area (Å²) < 4.78 is 25.9. The minimum absolute atomic E-state index is 0.0638.